The lowest BCUT2D eigenvalue weighted by atomic mass is 9.92. The second-order valence-electron chi connectivity index (χ2n) is 7.15. The van der Waals surface area contributed by atoms with Crippen molar-refractivity contribution in [3.8, 4) is 0 Å². The predicted molar refractivity (Wildman–Crippen MR) is 107 cm³/mol. The maximum absolute atomic E-state index is 13.2. The molecule has 5 heteroatoms. The first-order chi connectivity index (χ1) is 12.4. The van der Waals surface area contributed by atoms with E-state index in [4.69, 9.17) is 11.6 Å². The fraction of sp³-hybridized carbons (Fsp3) is 0.429. The van der Waals surface area contributed by atoms with Gasteiger partial charge in [0.25, 0.3) is 0 Å². The Labute approximate surface area is 162 Å². The third-order valence-corrected chi connectivity index (χ3v) is 7.60. The highest BCUT2D eigenvalue weighted by Gasteiger charge is 2.42. The third-order valence-electron chi connectivity index (χ3n) is 5.34. The summed E-state index contributed by atoms with van der Waals surface area (Å²) in [5, 5.41) is -0.0472. The fourth-order valence-corrected chi connectivity index (χ4v) is 5.85. The molecule has 2 aromatic carbocycles. The minimum absolute atomic E-state index is 0.0472. The van der Waals surface area contributed by atoms with Crippen LogP contribution in [0.2, 0.25) is 0 Å². The van der Waals surface area contributed by atoms with E-state index in [9.17, 15) is 8.42 Å². The Bertz CT molecular complexity index is 819. The van der Waals surface area contributed by atoms with E-state index >= 15 is 0 Å². The highest BCUT2D eigenvalue weighted by atomic mass is 35.5. The van der Waals surface area contributed by atoms with Crippen LogP contribution in [-0.2, 0) is 16.4 Å². The SMILES string of the molecule is Cc1ccc(S(=O)(=O)N2CC[C@@H]([C@H](C)Cl)[C@@H]2CCc2ccccc2)cc1. The van der Waals surface area contributed by atoms with Crippen molar-refractivity contribution in [2.75, 3.05) is 6.54 Å². The lowest BCUT2D eigenvalue weighted by Crippen LogP contribution is -2.39. The number of benzene rings is 2. The summed E-state index contributed by atoms with van der Waals surface area (Å²) in [5.74, 6) is 0.181. The Hall–Kier alpha value is -1.36. The summed E-state index contributed by atoms with van der Waals surface area (Å²) in [7, 11) is -3.50. The number of hydrogen-bond acceptors (Lipinski definition) is 2. The number of aryl methyl sites for hydroxylation is 2. The summed E-state index contributed by atoms with van der Waals surface area (Å²) in [4.78, 5) is 0.371. The predicted octanol–water partition coefficient (Wildman–Crippen LogP) is 4.63. The van der Waals surface area contributed by atoms with Crippen molar-refractivity contribution >= 4 is 21.6 Å². The van der Waals surface area contributed by atoms with E-state index < -0.39 is 10.0 Å². The van der Waals surface area contributed by atoms with Crippen LogP contribution in [-0.4, -0.2) is 30.7 Å². The van der Waals surface area contributed by atoms with Crippen LogP contribution in [0.5, 0.6) is 0 Å². The molecule has 0 unspecified atom stereocenters. The summed E-state index contributed by atoms with van der Waals surface area (Å²) in [6.07, 6.45) is 2.46. The summed E-state index contributed by atoms with van der Waals surface area (Å²) >= 11 is 6.42. The molecule has 26 heavy (non-hydrogen) atoms. The molecule has 3 rings (SSSR count). The standard InChI is InChI=1S/C21H26ClNO2S/c1-16-8-11-19(12-9-16)26(24,25)23-15-14-20(17(2)22)21(23)13-10-18-6-4-3-5-7-18/h3-9,11-12,17,20-21H,10,13-15H2,1-2H3/t17-,20-,21-/m0/s1. The number of alkyl halides is 1. The maximum Gasteiger partial charge on any atom is 0.243 e. The van der Waals surface area contributed by atoms with E-state index in [1.165, 1.54) is 5.56 Å². The van der Waals surface area contributed by atoms with Gasteiger partial charge in [-0.05, 0) is 56.7 Å². The zero-order chi connectivity index (χ0) is 18.7. The highest BCUT2D eigenvalue weighted by Crippen LogP contribution is 2.36. The smallest absolute Gasteiger partial charge is 0.207 e. The van der Waals surface area contributed by atoms with Crippen molar-refractivity contribution in [3.63, 3.8) is 0 Å². The van der Waals surface area contributed by atoms with E-state index in [1.807, 2.05) is 44.2 Å². The molecule has 2 aromatic rings. The van der Waals surface area contributed by atoms with Crippen LogP contribution in [0.25, 0.3) is 0 Å². The minimum Gasteiger partial charge on any atom is -0.207 e. The number of halogens is 1. The van der Waals surface area contributed by atoms with Crippen molar-refractivity contribution in [3.05, 3.63) is 65.7 Å². The van der Waals surface area contributed by atoms with Gasteiger partial charge in [-0.15, -0.1) is 11.6 Å². The van der Waals surface area contributed by atoms with Crippen molar-refractivity contribution in [1.82, 2.24) is 4.31 Å². The van der Waals surface area contributed by atoms with Crippen molar-refractivity contribution < 1.29 is 8.42 Å². The van der Waals surface area contributed by atoms with Gasteiger partial charge in [0, 0.05) is 18.0 Å². The van der Waals surface area contributed by atoms with Crippen molar-refractivity contribution in [2.24, 2.45) is 5.92 Å². The molecule has 1 heterocycles. The Balaban J connectivity index is 1.85. The van der Waals surface area contributed by atoms with Crippen LogP contribution in [0.15, 0.2) is 59.5 Å². The van der Waals surface area contributed by atoms with E-state index in [0.717, 1.165) is 24.8 Å². The lowest BCUT2D eigenvalue weighted by Gasteiger charge is -2.29. The molecule has 140 valence electrons. The molecule has 0 aliphatic carbocycles. The average molecular weight is 392 g/mol. The first-order valence-electron chi connectivity index (χ1n) is 9.16. The largest absolute Gasteiger partial charge is 0.243 e. The first kappa shape index (κ1) is 19.4. The quantitative estimate of drug-likeness (QED) is 0.673. The van der Waals surface area contributed by atoms with E-state index in [2.05, 4.69) is 12.1 Å². The fourth-order valence-electron chi connectivity index (χ4n) is 3.85. The van der Waals surface area contributed by atoms with Crippen LogP contribution in [0.3, 0.4) is 0 Å². The molecule has 3 nitrogen and oxygen atoms in total. The van der Waals surface area contributed by atoms with Crippen LogP contribution in [0.4, 0.5) is 0 Å². The Morgan fingerprint density at radius 1 is 1.12 bits per heavy atom. The van der Waals surface area contributed by atoms with Gasteiger partial charge in [-0.3, -0.25) is 0 Å². The molecule has 0 saturated carbocycles. The molecule has 0 spiro atoms. The van der Waals surface area contributed by atoms with Gasteiger partial charge in [-0.1, -0.05) is 48.0 Å². The summed E-state index contributed by atoms with van der Waals surface area (Å²) in [5.41, 5.74) is 2.28. The van der Waals surface area contributed by atoms with Crippen LogP contribution >= 0.6 is 11.6 Å². The topological polar surface area (TPSA) is 37.4 Å². The molecule has 1 aliphatic heterocycles. The number of nitrogens with zero attached hydrogens (tertiary/aromatic N) is 1. The van der Waals surface area contributed by atoms with Gasteiger partial charge in [-0.25, -0.2) is 8.42 Å². The zero-order valence-electron chi connectivity index (χ0n) is 15.3. The first-order valence-corrected chi connectivity index (χ1v) is 11.0. The molecular formula is C21H26ClNO2S. The second kappa shape index (κ2) is 8.12. The van der Waals surface area contributed by atoms with Gasteiger partial charge in [-0.2, -0.15) is 4.31 Å². The lowest BCUT2D eigenvalue weighted by molar-refractivity contribution is 0.315. The van der Waals surface area contributed by atoms with Gasteiger partial charge in [0.15, 0.2) is 0 Å². The molecule has 0 amide bonds. The second-order valence-corrected chi connectivity index (χ2v) is 9.73. The highest BCUT2D eigenvalue weighted by molar-refractivity contribution is 7.89. The Morgan fingerprint density at radius 2 is 1.77 bits per heavy atom. The van der Waals surface area contributed by atoms with Gasteiger partial charge < -0.3 is 0 Å². The Morgan fingerprint density at radius 3 is 2.38 bits per heavy atom. The molecule has 1 aliphatic rings. The molecule has 0 bridgehead atoms. The van der Waals surface area contributed by atoms with Gasteiger partial charge in [0.05, 0.1) is 4.90 Å². The average Bonchev–Trinajstić information content (AvgIpc) is 3.06. The molecule has 0 radical (unpaired) electrons. The van der Waals surface area contributed by atoms with Crippen LogP contribution in [0, 0.1) is 12.8 Å². The minimum atomic E-state index is -3.50. The molecule has 1 saturated heterocycles. The zero-order valence-corrected chi connectivity index (χ0v) is 16.9. The number of hydrogen-bond donors (Lipinski definition) is 0. The van der Waals surface area contributed by atoms with E-state index in [0.29, 0.717) is 11.4 Å². The molecule has 0 aromatic heterocycles. The normalized spacial score (nSPS) is 22.4. The van der Waals surface area contributed by atoms with Crippen LogP contribution in [0.1, 0.15) is 30.9 Å². The van der Waals surface area contributed by atoms with Crippen molar-refractivity contribution in [2.45, 2.75) is 49.4 Å². The van der Waals surface area contributed by atoms with Gasteiger partial charge >= 0.3 is 0 Å². The molecule has 3 atom stereocenters. The molecular weight excluding hydrogens is 366 g/mol. The molecule has 1 fully saturated rings. The van der Waals surface area contributed by atoms with E-state index in [-0.39, 0.29) is 17.3 Å². The summed E-state index contributed by atoms with van der Waals surface area (Å²) < 4.78 is 28.1. The van der Waals surface area contributed by atoms with Crippen LogP contribution < -0.4 is 0 Å². The number of rotatable bonds is 6. The van der Waals surface area contributed by atoms with Gasteiger partial charge in [0.1, 0.15) is 0 Å². The maximum atomic E-state index is 13.2. The number of sulfonamides is 1. The summed E-state index contributed by atoms with van der Waals surface area (Å²) in [6, 6.07) is 17.3. The molecule has 0 N–H and O–H groups in total. The van der Waals surface area contributed by atoms with E-state index in [1.54, 1.807) is 16.4 Å². The summed E-state index contributed by atoms with van der Waals surface area (Å²) in [6.45, 7) is 4.47. The third kappa shape index (κ3) is 4.13. The van der Waals surface area contributed by atoms with Gasteiger partial charge in [0.2, 0.25) is 10.0 Å². The Kier molecular flexibility index (Phi) is 6.06. The monoisotopic (exact) mass is 391 g/mol. The van der Waals surface area contributed by atoms with Crippen molar-refractivity contribution in [1.29, 1.82) is 0 Å².